The number of fused-ring (bicyclic) bond motifs is 1. The summed E-state index contributed by atoms with van der Waals surface area (Å²) in [7, 11) is 0. The van der Waals surface area contributed by atoms with Crippen LogP contribution in [0.5, 0.6) is 0 Å². The molecule has 0 aliphatic heterocycles. The molecule has 6 nitrogen and oxygen atoms in total. The lowest BCUT2D eigenvalue weighted by Gasteiger charge is -2.10. The Hall–Kier alpha value is -3.03. The van der Waals surface area contributed by atoms with Crippen LogP contribution in [0.2, 0.25) is 5.02 Å². The predicted molar refractivity (Wildman–Crippen MR) is 120 cm³/mol. The van der Waals surface area contributed by atoms with Crippen molar-refractivity contribution >= 4 is 39.7 Å². The fraction of sp³-hybridized carbons (Fsp3) is 0.182. The van der Waals surface area contributed by atoms with Crippen LogP contribution in [0, 0.1) is 13.8 Å². The number of aryl methyl sites for hydroxylation is 2. The maximum atomic E-state index is 12.7. The van der Waals surface area contributed by atoms with Crippen molar-refractivity contribution in [3.63, 3.8) is 0 Å². The summed E-state index contributed by atoms with van der Waals surface area (Å²) >= 11 is 7.49. The minimum Gasteiger partial charge on any atom is -0.348 e. The minimum absolute atomic E-state index is 0.0864. The highest BCUT2D eigenvalue weighted by atomic mass is 35.5. The topological polar surface area (TPSA) is 76.9 Å². The van der Waals surface area contributed by atoms with Crippen LogP contribution in [-0.4, -0.2) is 20.4 Å². The lowest BCUT2D eigenvalue weighted by atomic mass is 10.1. The van der Waals surface area contributed by atoms with Gasteiger partial charge in [0.15, 0.2) is 0 Å². The monoisotopic (exact) mass is 438 g/mol. The van der Waals surface area contributed by atoms with E-state index in [4.69, 9.17) is 11.6 Å². The first kappa shape index (κ1) is 20.3. The summed E-state index contributed by atoms with van der Waals surface area (Å²) in [6.07, 6.45) is 0. The molecule has 0 saturated heterocycles. The fourth-order valence-corrected chi connectivity index (χ4v) is 4.26. The second kappa shape index (κ2) is 8.38. The molecule has 0 atom stereocenters. The number of amides is 1. The van der Waals surface area contributed by atoms with Gasteiger partial charge in [0.1, 0.15) is 17.4 Å². The lowest BCUT2D eigenvalue weighted by molar-refractivity contribution is -0.121. The van der Waals surface area contributed by atoms with Crippen LogP contribution in [0.4, 0.5) is 0 Å². The first-order chi connectivity index (χ1) is 14.4. The number of nitrogens with one attached hydrogen (secondary N) is 1. The van der Waals surface area contributed by atoms with E-state index in [-0.39, 0.29) is 18.0 Å². The second-order valence-corrected chi connectivity index (χ2v) is 8.59. The molecule has 1 amide bonds. The van der Waals surface area contributed by atoms with Crippen molar-refractivity contribution in [2.24, 2.45) is 0 Å². The molecule has 0 radical (unpaired) electrons. The number of nitrogens with zero attached hydrogens (tertiary/aromatic N) is 3. The number of para-hydroxylation sites is 1. The lowest BCUT2D eigenvalue weighted by Crippen LogP contribution is -2.33. The molecule has 0 bridgehead atoms. The van der Waals surface area contributed by atoms with Gasteiger partial charge in [-0.2, -0.15) is 0 Å². The quantitative estimate of drug-likeness (QED) is 0.508. The van der Waals surface area contributed by atoms with Crippen molar-refractivity contribution in [3.8, 4) is 11.3 Å². The van der Waals surface area contributed by atoms with Crippen LogP contribution in [-0.2, 0) is 17.9 Å². The smallest absolute Gasteiger partial charge is 0.261 e. The van der Waals surface area contributed by atoms with Gasteiger partial charge in [-0.1, -0.05) is 35.9 Å². The van der Waals surface area contributed by atoms with Gasteiger partial charge in [0.05, 0.1) is 23.1 Å². The first-order valence-corrected chi connectivity index (χ1v) is 10.6. The van der Waals surface area contributed by atoms with Gasteiger partial charge in [0, 0.05) is 15.5 Å². The van der Waals surface area contributed by atoms with E-state index in [9.17, 15) is 9.59 Å². The predicted octanol–water partition coefficient (Wildman–Crippen LogP) is 4.11. The average molecular weight is 439 g/mol. The zero-order valence-corrected chi connectivity index (χ0v) is 18.0. The molecule has 0 saturated carbocycles. The number of carbonyl (C=O) groups is 1. The summed E-state index contributed by atoms with van der Waals surface area (Å²) in [6, 6.07) is 14.6. The summed E-state index contributed by atoms with van der Waals surface area (Å²) in [4.78, 5) is 35.3. The highest BCUT2D eigenvalue weighted by Crippen LogP contribution is 2.28. The van der Waals surface area contributed by atoms with Gasteiger partial charge in [-0.15, -0.1) is 11.3 Å². The second-order valence-electron chi connectivity index (χ2n) is 6.86. The Morgan fingerprint density at radius 3 is 2.60 bits per heavy atom. The molecular formula is C22H19ClN4O2S. The molecular weight excluding hydrogens is 420 g/mol. The van der Waals surface area contributed by atoms with Gasteiger partial charge in [-0.25, -0.2) is 9.97 Å². The van der Waals surface area contributed by atoms with Gasteiger partial charge >= 0.3 is 0 Å². The van der Waals surface area contributed by atoms with Crippen molar-refractivity contribution in [2.75, 3.05) is 0 Å². The molecule has 2 aromatic heterocycles. The molecule has 0 fully saturated rings. The Kier molecular flexibility index (Phi) is 5.65. The van der Waals surface area contributed by atoms with Crippen LogP contribution >= 0.6 is 22.9 Å². The molecule has 2 heterocycles. The molecule has 30 heavy (non-hydrogen) atoms. The van der Waals surface area contributed by atoms with Gasteiger partial charge < -0.3 is 5.32 Å². The number of rotatable bonds is 5. The van der Waals surface area contributed by atoms with Crippen LogP contribution in [0.3, 0.4) is 0 Å². The van der Waals surface area contributed by atoms with Gasteiger partial charge in [0.25, 0.3) is 5.56 Å². The summed E-state index contributed by atoms with van der Waals surface area (Å²) in [5.74, 6) is 0.238. The molecule has 0 unspecified atom stereocenters. The number of thiazole rings is 1. The molecule has 4 rings (SSSR count). The molecule has 2 aromatic carbocycles. The summed E-state index contributed by atoms with van der Waals surface area (Å²) in [5, 5.41) is 4.82. The number of aromatic nitrogens is 3. The van der Waals surface area contributed by atoms with E-state index >= 15 is 0 Å². The number of halogens is 1. The Balaban J connectivity index is 1.47. The number of hydrogen-bond acceptors (Lipinski definition) is 5. The zero-order valence-electron chi connectivity index (χ0n) is 16.5. The Morgan fingerprint density at radius 1 is 1.10 bits per heavy atom. The molecule has 4 aromatic rings. The highest BCUT2D eigenvalue weighted by molar-refractivity contribution is 7.12. The van der Waals surface area contributed by atoms with Crippen molar-refractivity contribution in [3.05, 3.63) is 79.6 Å². The molecule has 1 N–H and O–H groups in total. The number of hydrogen-bond donors (Lipinski definition) is 1. The van der Waals surface area contributed by atoms with Crippen molar-refractivity contribution < 1.29 is 4.79 Å². The minimum atomic E-state index is -0.266. The summed E-state index contributed by atoms with van der Waals surface area (Å²) in [5.41, 5.74) is 2.27. The van der Waals surface area contributed by atoms with E-state index in [2.05, 4.69) is 15.3 Å². The van der Waals surface area contributed by atoms with Crippen LogP contribution in [0.1, 0.15) is 15.7 Å². The third kappa shape index (κ3) is 4.13. The van der Waals surface area contributed by atoms with Crippen molar-refractivity contribution in [1.29, 1.82) is 0 Å². The SMILES string of the molecule is Cc1sc(CNC(=O)Cn2c(C)nc3ccccc3c2=O)nc1-c1ccc(Cl)cc1. The van der Waals surface area contributed by atoms with Gasteiger partial charge in [-0.05, 0) is 38.1 Å². The maximum absolute atomic E-state index is 12.7. The largest absolute Gasteiger partial charge is 0.348 e. The molecule has 8 heteroatoms. The zero-order chi connectivity index (χ0) is 21.3. The highest BCUT2D eigenvalue weighted by Gasteiger charge is 2.13. The van der Waals surface area contributed by atoms with Crippen LogP contribution in [0.25, 0.3) is 22.2 Å². The Bertz CT molecular complexity index is 1290. The van der Waals surface area contributed by atoms with Crippen LogP contribution < -0.4 is 10.9 Å². The van der Waals surface area contributed by atoms with E-state index in [1.54, 1.807) is 25.1 Å². The van der Waals surface area contributed by atoms with Gasteiger partial charge in [-0.3, -0.25) is 14.2 Å². The number of benzene rings is 2. The molecule has 0 spiro atoms. The van der Waals surface area contributed by atoms with Gasteiger partial charge in [0.2, 0.25) is 5.91 Å². The van der Waals surface area contributed by atoms with Crippen molar-refractivity contribution in [1.82, 2.24) is 19.9 Å². The standard InChI is InChI=1S/C22H19ClN4O2S/c1-13-21(15-7-9-16(23)10-8-15)26-20(30-13)11-24-19(28)12-27-14(2)25-18-6-4-3-5-17(18)22(27)29/h3-10H,11-12H2,1-2H3,(H,24,28). The Morgan fingerprint density at radius 2 is 1.83 bits per heavy atom. The maximum Gasteiger partial charge on any atom is 0.261 e. The number of carbonyl (C=O) groups excluding carboxylic acids is 1. The molecule has 0 aliphatic rings. The average Bonchev–Trinajstić information content (AvgIpc) is 3.11. The third-order valence-corrected chi connectivity index (χ3v) is 5.97. The van der Waals surface area contributed by atoms with Crippen molar-refractivity contribution in [2.45, 2.75) is 26.9 Å². The van der Waals surface area contributed by atoms with E-state index in [1.807, 2.05) is 37.3 Å². The van der Waals surface area contributed by atoms with E-state index in [0.29, 0.717) is 28.3 Å². The fourth-order valence-electron chi connectivity index (χ4n) is 3.24. The third-order valence-electron chi connectivity index (χ3n) is 4.75. The normalized spacial score (nSPS) is 11.0. The Labute approximate surface area is 182 Å². The first-order valence-electron chi connectivity index (χ1n) is 9.37. The van der Waals surface area contributed by atoms with E-state index in [1.165, 1.54) is 15.9 Å². The molecule has 0 aliphatic carbocycles. The summed E-state index contributed by atoms with van der Waals surface area (Å²) in [6.45, 7) is 3.93. The van der Waals surface area contributed by atoms with E-state index in [0.717, 1.165) is 21.1 Å². The molecule has 152 valence electrons. The summed E-state index contributed by atoms with van der Waals surface area (Å²) < 4.78 is 1.39. The van der Waals surface area contributed by atoms with Crippen LogP contribution in [0.15, 0.2) is 53.3 Å². The van der Waals surface area contributed by atoms with E-state index < -0.39 is 0 Å².